The van der Waals surface area contributed by atoms with E-state index in [4.69, 9.17) is 9.47 Å². The number of amides is 1. The van der Waals surface area contributed by atoms with Gasteiger partial charge in [-0.3, -0.25) is 4.79 Å². The van der Waals surface area contributed by atoms with E-state index < -0.39 is 0 Å². The molecule has 0 saturated carbocycles. The van der Waals surface area contributed by atoms with E-state index in [1.165, 1.54) is 5.56 Å². The van der Waals surface area contributed by atoms with Gasteiger partial charge in [0, 0.05) is 31.3 Å². The summed E-state index contributed by atoms with van der Waals surface area (Å²) in [7, 11) is 5.16. The topological polar surface area (TPSA) is 50.8 Å². The molecule has 0 aliphatic carbocycles. The van der Waals surface area contributed by atoms with Crippen LogP contribution in [0.5, 0.6) is 11.5 Å². The van der Waals surface area contributed by atoms with Crippen molar-refractivity contribution in [3.05, 3.63) is 54.1 Å². The highest BCUT2D eigenvalue weighted by atomic mass is 16.5. The van der Waals surface area contributed by atoms with Crippen LogP contribution in [-0.4, -0.2) is 38.6 Å². The maximum atomic E-state index is 12.1. The van der Waals surface area contributed by atoms with E-state index >= 15 is 0 Å². The predicted molar refractivity (Wildman–Crippen MR) is 95.6 cm³/mol. The van der Waals surface area contributed by atoms with Crippen LogP contribution in [-0.2, 0) is 11.3 Å². The predicted octanol–water partition coefficient (Wildman–Crippen LogP) is 3.16. The lowest BCUT2D eigenvalue weighted by molar-refractivity contribution is -0.116. The summed E-state index contributed by atoms with van der Waals surface area (Å²) < 4.78 is 10.4. The third-order valence-electron chi connectivity index (χ3n) is 3.68. The Labute approximate surface area is 143 Å². The van der Waals surface area contributed by atoms with Crippen molar-refractivity contribution in [3.8, 4) is 11.5 Å². The van der Waals surface area contributed by atoms with Crippen molar-refractivity contribution in [3.63, 3.8) is 0 Å². The summed E-state index contributed by atoms with van der Waals surface area (Å²) in [6.07, 6.45) is 0.428. The highest BCUT2D eigenvalue weighted by Crippen LogP contribution is 2.29. The van der Waals surface area contributed by atoms with Crippen molar-refractivity contribution in [1.82, 2.24) is 4.90 Å². The Morgan fingerprint density at radius 2 is 1.75 bits per heavy atom. The summed E-state index contributed by atoms with van der Waals surface area (Å²) in [5, 5.41) is 2.89. The number of carbonyl (C=O) groups excluding carboxylic acids is 1. The quantitative estimate of drug-likeness (QED) is 0.809. The van der Waals surface area contributed by atoms with Crippen LogP contribution < -0.4 is 14.8 Å². The van der Waals surface area contributed by atoms with Gasteiger partial charge in [-0.15, -0.1) is 0 Å². The molecule has 5 nitrogen and oxygen atoms in total. The van der Waals surface area contributed by atoms with Gasteiger partial charge in [-0.1, -0.05) is 30.3 Å². The lowest BCUT2D eigenvalue weighted by Crippen LogP contribution is -2.24. The molecule has 0 saturated heterocycles. The molecule has 0 radical (unpaired) electrons. The van der Waals surface area contributed by atoms with Gasteiger partial charge in [0.25, 0.3) is 0 Å². The zero-order valence-electron chi connectivity index (χ0n) is 14.4. The molecule has 0 aliphatic heterocycles. The molecule has 0 heterocycles. The van der Waals surface area contributed by atoms with E-state index in [0.717, 1.165) is 6.54 Å². The number of nitrogens with zero attached hydrogens (tertiary/aromatic N) is 1. The number of hydrogen-bond acceptors (Lipinski definition) is 4. The molecule has 2 aromatic rings. The molecule has 0 spiro atoms. The van der Waals surface area contributed by atoms with Crippen molar-refractivity contribution in [1.29, 1.82) is 0 Å². The van der Waals surface area contributed by atoms with Crippen molar-refractivity contribution >= 4 is 11.6 Å². The number of carbonyl (C=O) groups is 1. The van der Waals surface area contributed by atoms with Crippen LogP contribution in [0.25, 0.3) is 0 Å². The fraction of sp³-hybridized carbons (Fsp3) is 0.316. The standard InChI is InChI=1S/C19H24N2O3/c1-21(14-15-7-5-4-6-8-15)12-11-19(22)20-16-9-10-17(23-2)18(13-16)24-3/h4-10,13H,11-12,14H2,1-3H3,(H,20,22). The summed E-state index contributed by atoms with van der Waals surface area (Å²) in [6.45, 7) is 1.51. The molecule has 0 aliphatic rings. The molecule has 2 rings (SSSR count). The maximum Gasteiger partial charge on any atom is 0.225 e. The van der Waals surface area contributed by atoms with Crippen LogP contribution in [0.3, 0.4) is 0 Å². The Hall–Kier alpha value is -2.53. The molecule has 0 atom stereocenters. The summed E-state index contributed by atoms with van der Waals surface area (Å²) >= 11 is 0. The Bertz CT molecular complexity index is 659. The van der Waals surface area contributed by atoms with E-state index in [1.54, 1.807) is 32.4 Å². The van der Waals surface area contributed by atoms with Crippen LogP contribution in [0, 0.1) is 0 Å². The van der Waals surface area contributed by atoms with Crippen LogP contribution in [0.4, 0.5) is 5.69 Å². The number of anilines is 1. The Kier molecular flexibility index (Phi) is 6.63. The van der Waals surface area contributed by atoms with Gasteiger partial charge in [0.05, 0.1) is 14.2 Å². The van der Waals surface area contributed by atoms with Gasteiger partial charge in [0.1, 0.15) is 0 Å². The lowest BCUT2D eigenvalue weighted by atomic mass is 10.2. The highest BCUT2D eigenvalue weighted by molar-refractivity contribution is 5.91. The second-order valence-corrected chi connectivity index (χ2v) is 5.59. The second-order valence-electron chi connectivity index (χ2n) is 5.59. The zero-order valence-corrected chi connectivity index (χ0v) is 14.4. The minimum absolute atomic E-state index is 0.0258. The largest absolute Gasteiger partial charge is 0.493 e. The average molecular weight is 328 g/mol. The summed E-state index contributed by atoms with van der Waals surface area (Å²) in [6, 6.07) is 15.5. The van der Waals surface area contributed by atoms with Gasteiger partial charge >= 0.3 is 0 Å². The van der Waals surface area contributed by atoms with Gasteiger partial charge in [0.2, 0.25) is 5.91 Å². The average Bonchev–Trinajstić information content (AvgIpc) is 2.60. The van der Waals surface area contributed by atoms with E-state index in [1.807, 2.05) is 25.2 Å². The summed E-state index contributed by atoms with van der Waals surface area (Å²) in [4.78, 5) is 14.2. The van der Waals surface area contributed by atoms with E-state index in [0.29, 0.717) is 30.2 Å². The molecule has 1 N–H and O–H groups in total. The molecular formula is C19H24N2O3. The first-order valence-corrected chi connectivity index (χ1v) is 7.86. The van der Waals surface area contributed by atoms with Gasteiger partial charge in [0.15, 0.2) is 11.5 Å². The minimum atomic E-state index is -0.0258. The van der Waals surface area contributed by atoms with Gasteiger partial charge in [-0.05, 0) is 24.7 Å². The molecule has 0 unspecified atom stereocenters. The molecule has 0 bridgehead atoms. The van der Waals surface area contributed by atoms with Crippen LogP contribution in [0.15, 0.2) is 48.5 Å². The molecular weight excluding hydrogens is 304 g/mol. The first-order chi connectivity index (χ1) is 11.6. The van der Waals surface area contributed by atoms with Gasteiger partial charge < -0.3 is 19.7 Å². The number of ether oxygens (including phenoxy) is 2. The van der Waals surface area contributed by atoms with E-state index in [9.17, 15) is 4.79 Å². The highest BCUT2D eigenvalue weighted by Gasteiger charge is 2.09. The van der Waals surface area contributed by atoms with Gasteiger partial charge in [-0.2, -0.15) is 0 Å². The third-order valence-corrected chi connectivity index (χ3v) is 3.68. The molecule has 0 aromatic heterocycles. The van der Waals surface area contributed by atoms with Crippen molar-refractivity contribution in [2.45, 2.75) is 13.0 Å². The van der Waals surface area contributed by atoms with Crippen molar-refractivity contribution in [2.75, 3.05) is 33.1 Å². The number of methoxy groups -OCH3 is 2. The molecule has 5 heteroatoms. The molecule has 128 valence electrons. The fourth-order valence-electron chi connectivity index (χ4n) is 2.40. The van der Waals surface area contributed by atoms with E-state index in [2.05, 4.69) is 22.3 Å². The van der Waals surface area contributed by atoms with Crippen molar-refractivity contribution in [2.24, 2.45) is 0 Å². The second kappa shape index (κ2) is 8.93. The SMILES string of the molecule is COc1ccc(NC(=O)CCN(C)Cc2ccccc2)cc1OC. The Morgan fingerprint density at radius 1 is 1.04 bits per heavy atom. The molecule has 1 amide bonds. The Balaban J connectivity index is 1.82. The first-order valence-electron chi connectivity index (χ1n) is 7.86. The number of rotatable bonds is 8. The van der Waals surface area contributed by atoms with Crippen molar-refractivity contribution < 1.29 is 14.3 Å². The lowest BCUT2D eigenvalue weighted by Gasteiger charge is -2.16. The number of benzene rings is 2. The Morgan fingerprint density at radius 3 is 2.42 bits per heavy atom. The normalized spacial score (nSPS) is 10.5. The minimum Gasteiger partial charge on any atom is -0.493 e. The van der Waals surface area contributed by atoms with Crippen LogP contribution >= 0.6 is 0 Å². The third kappa shape index (κ3) is 5.28. The maximum absolute atomic E-state index is 12.1. The first kappa shape index (κ1) is 17.8. The number of nitrogens with one attached hydrogen (secondary N) is 1. The fourth-order valence-corrected chi connectivity index (χ4v) is 2.40. The number of hydrogen-bond donors (Lipinski definition) is 1. The van der Waals surface area contributed by atoms with E-state index in [-0.39, 0.29) is 5.91 Å². The van der Waals surface area contributed by atoms with Crippen LogP contribution in [0.1, 0.15) is 12.0 Å². The molecule has 0 fully saturated rings. The smallest absolute Gasteiger partial charge is 0.225 e. The summed E-state index contributed by atoms with van der Waals surface area (Å²) in [5.41, 5.74) is 1.93. The van der Waals surface area contributed by atoms with Gasteiger partial charge in [-0.25, -0.2) is 0 Å². The molecule has 2 aromatic carbocycles. The summed E-state index contributed by atoms with van der Waals surface area (Å²) in [5.74, 6) is 1.21. The molecule has 24 heavy (non-hydrogen) atoms. The zero-order chi connectivity index (χ0) is 17.4. The van der Waals surface area contributed by atoms with Crippen LogP contribution in [0.2, 0.25) is 0 Å². The monoisotopic (exact) mass is 328 g/mol.